The molecule has 2 aromatic carbocycles. The molecule has 0 N–H and O–H groups in total. The maximum atomic E-state index is 12.9. The number of hydrogen-bond donors (Lipinski definition) is 0. The van der Waals surface area contributed by atoms with Gasteiger partial charge in [-0.2, -0.15) is 26.3 Å². The van der Waals surface area contributed by atoms with Crippen molar-refractivity contribution >= 4 is 5.91 Å². The molecular formula is C21H19F6NO. The standard InChI is InChI=1S/C21H19F6NO/c1-13(20(22,23)24)12-18(29)28-11-10-14-4-2-3-5-17(14)19(28)15-6-8-16(9-7-15)21(25,26)27/h2-9,13,19H,10-12H2,1H3/t13-,19+/m0/s1. The molecule has 0 bridgehead atoms. The Morgan fingerprint density at radius 3 is 2.24 bits per heavy atom. The summed E-state index contributed by atoms with van der Waals surface area (Å²) in [5.41, 5.74) is 1.24. The van der Waals surface area contributed by atoms with E-state index in [0.29, 0.717) is 17.5 Å². The molecule has 3 rings (SSSR count). The summed E-state index contributed by atoms with van der Waals surface area (Å²) in [6, 6.07) is 10.8. The van der Waals surface area contributed by atoms with Gasteiger partial charge >= 0.3 is 12.4 Å². The predicted molar refractivity (Wildman–Crippen MR) is 95.0 cm³/mol. The largest absolute Gasteiger partial charge is 0.416 e. The molecule has 8 heteroatoms. The van der Waals surface area contributed by atoms with Crippen molar-refractivity contribution in [2.24, 2.45) is 5.92 Å². The first-order valence-electron chi connectivity index (χ1n) is 9.09. The minimum atomic E-state index is -4.50. The highest BCUT2D eigenvalue weighted by Gasteiger charge is 2.40. The van der Waals surface area contributed by atoms with E-state index in [-0.39, 0.29) is 6.54 Å². The van der Waals surface area contributed by atoms with Gasteiger partial charge in [-0.15, -0.1) is 0 Å². The van der Waals surface area contributed by atoms with Crippen LogP contribution in [0.1, 0.15) is 41.6 Å². The summed E-state index contributed by atoms with van der Waals surface area (Å²) >= 11 is 0. The van der Waals surface area contributed by atoms with E-state index in [0.717, 1.165) is 24.6 Å². The first-order chi connectivity index (χ1) is 13.5. The van der Waals surface area contributed by atoms with Gasteiger partial charge in [0.15, 0.2) is 0 Å². The fraction of sp³-hybridized carbons (Fsp3) is 0.381. The van der Waals surface area contributed by atoms with Gasteiger partial charge in [0, 0.05) is 13.0 Å². The topological polar surface area (TPSA) is 20.3 Å². The summed E-state index contributed by atoms with van der Waals surface area (Å²) in [7, 11) is 0. The van der Waals surface area contributed by atoms with Gasteiger partial charge in [-0.25, -0.2) is 0 Å². The number of rotatable bonds is 3. The van der Waals surface area contributed by atoms with E-state index in [4.69, 9.17) is 0 Å². The number of carbonyl (C=O) groups is 1. The van der Waals surface area contributed by atoms with E-state index < -0.39 is 42.2 Å². The Balaban J connectivity index is 1.97. The zero-order chi connectivity index (χ0) is 21.4. The maximum absolute atomic E-state index is 12.9. The number of alkyl halides is 6. The molecule has 0 fully saturated rings. The van der Waals surface area contributed by atoms with Crippen molar-refractivity contribution < 1.29 is 31.1 Å². The van der Waals surface area contributed by atoms with Gasteiger partial charge in [-0.05, 0) is 35.2 Å². The Bertz CT molecular complexity index is 872. The van der Waals surface area contributed by atoms with Crippen LogP contribution >= 0.6 is 0 Å². The lowest BCUT2D eigenvalue weighted by molar-refractivity contribution is -0.177. The van der Waals surface area contributed by atoms with Crippen LogP contribution < -0.4 is 0 Å². The summed E-state index contributed by atoms with van der Waals surface area (Å²) in [4.78, 5) is 14.1. The molecule has 0 unspecified atom stereocenters. The molecule has 1 amide bonds. The fourth-order valence-electron chi connectivity index (χ4n) is 3.54. The average Bonchev–Trinajstić information content (AvgIpc) is 2.65. The highest BCUT2D eigenvalue weighted by atomic mass is 19.4. The van der Waals surface area contributed by atoms with Gasteiger partial charge in [-0.1, -0.05) is 43.3 Å². The fourth-order valence-corrected chi connectivity index (χ4v) is 3.54. The van der Waals surface area contributed by atoms with Gasteiger partial charge in [0.25, 0.3) is 0 Å². The number of carbonyl (C=O) groups excluding carboxylic acids is 1. The second-order valence-corrected chi connectivity index (χ2v) is 7.21. The Morgan fingerprint density at radius 2 is 1.66 bits per heavy atom. The molecule has 1 heterocycles. The molecule has 0 aliphatic carbocycles. The second kappa shape index (κ2) is 7.72. The molecule has 29 heavy (non-hydrogen) atoms. The van der Waals surface area contributed by atoms with Crippen LogP contribution in [-0.4, -0.2) is 23.5 Å². The molecular weight excluding hydrogens is 396 g/mol. The molecule has 2 atom stereocenters. The highest BCUT2D eigenvalue weighted by Crippen LogP contribution is 2.38. The van der Waals surface area contributed by atoms with Crippen LogP contribution in [-0.2, 0) is 17.4 Å². The van der Waals surface area contributed by atoms with Crippen LogP contribution in [0, 0.1) is 5.92 Å². The third kappa shape index (κ3) is 4.57. The van der Waals surface area contributed by atoms with Crippen molar-refractivity contribution in [1.82, 2.24) is 4.90 Å². The highest BCUT2D eigenvalue weighted by molar-refractivity contribution is 5.78. The Morgan fingerprint density at radius 1 is 1.03 bits per heavy atom. The summed E-state index contributed by atoms with van der Waals surface area (Å²) in [5, 5.41) is 0. The van der Waals surface area contributed by atoms with Gasteiger partial charge in [0.1, 0.15) is 0 Å². The quantitative estimate of drug-likeness (QED) is 0.583. The summed E-state index contributed by atoms with van der Waals surface area (Å²) in [6.07, 6.45) is -9.23. The first kappa shape index (κ1) is 21.2. The number of nitrogens with zero attached hydrogens (tertiary/aromatic N) is 1. The number of amides is 1. The summed E-state index contributed by atoms with van der Waals surface area (Å²) < 4.78 is 77.4. The summed E-state index contributed by atoms with van der Waals surface area (Å²) in [5.74, 6) is -2.48. The maximum Gasteiger partial charge on any atom is 0.416 e. The SMILES string of the molecule is C[C@@H](CC(=O)N1CCc2ccccc2[C@H]1c1ccc(C(F)(F)F)cc1)C(F)(F)F. The lowest BCUT2D eigenvalue weighted by Gasteiger charge is -2.38. The molecule has 0 saturated heterocycles. The molecule has 0 saturated carbocycles. The van der Waals surface area contributed by atoms with Crippen molar-refractivity contribution in [3.05, 3.63) is 70.8 Å². The zero-order valence-electron chi connectivity index (χ0n) is 15.5. The third-order valence-corrected chi connectivity index (χ3v) is 5.20. The van der Waals surface area contributed by atoms with E-state index in [2.05, 4.69) is 0 Å². The molecule has 0 spiro atoms. The lowest BCUT2D eigenvalue weighted by atomic mass is 9.87. The van der Waals surface area contributed by atoms with Crippen molar-refractivity contribution in [3.63, 3.8) is 0 Å². The van der Waals surface area contributed by atoms with Gasteiger partial charge in [0.05, 0.1) is 17.5 Å². The molecule has 1 aliphatic heterocycles. The van der Waals surface area contributed by atoms with E-state index in [1.165, 1.54) is 17.0 Å². The van der Waals surface area contributed by atoms with Crippen LogP contribution in [0.15, 0.2) is 48.5 Å². The Labute approximate surface area is 164 Å². The van der Waals surface area contributed by atoms with Crippen molar-refractivity contribution in [3.8, 4) is 0 Å². The van der Waals surface area contributed by atoms with Gasteiger partial charge in [-0.3, -0.25) is 4.79 Å². The van der Waals surface area contributed by atoms with Crippen LogP contribution in [0.25, 0.3) is 0 Å². The molecule has 2 nitrogen and oxygen atoms in total. The van der Waals surface area contributed by atoms with Crippen molar-refractivity contribution in [1.29, 1.82) is 0 Å². The van der Waals surface area contributed by atoms with Crippen molar-refractivity contribution in [2.75, 3.05) is 6.54 Å². The predicted octanol–water partition coefficient (Wildman–Crippen LogP) is 5.77. The summed E-state index contributed by atoms with van der Waals surface area (Å²) in [6.45, 7) is 1.15. The van der Waals surface area contributed by atoms with Crippen molar-refractivity contribution in [2.45, 2.75) is 38.2 Å². The minimum Gasteiger partial charge on any atom is -0.331 e. The molecule has 0 radical (unpaired) electrons. The van der Waals surface area contributed by atoms with E-state index >= 15 is 0 Å². The normalized spacial score (nSPS) is 18.3. The lowest BCUT2D eigenvalue weighted by Crippen LogP contribution is -2.42. The second-order valence-electron chi connectivity index (χ2n) is 7.21. The Kier molecular flexibility index (Phi) is 5.65. The smallest absolute Gasteiger partial charge is 0.331 e. The monoisotopic (exact) mass is 415 g/mol. The van der Waals surface area contributed by atoms with Crippen LogP contribution in [0.5, 0.6) is 0 Å². The van der Waals surface area contributed by atoms with E-state index in [9.17, 15) is 31.1 Å². The van der Waals surface area contributed by atoms with E-state index in [1.807, 2.05) is 12.1 Å². The number of hydrogen-bond acceptors (Lipinski definition) is 1. The number of fused-ring (bicyclic) bond motifs is 1. The van der Waals surface area contributed by atoms with Crippen LogP contribution in [0.3, 0.4) is 0 Å². The molecule has 2 aromatic rings. The molecule has 156 valence electrons. The van der Waals surface area contributed by atoms with Crippen LogP contribution in [0.4, 0.5) is 26.3 Å². The first-order valence-corrected chi connectivity index (χ1v) is 9.09. The minimum absolute atomic E-state index is 0.201. The average molecular weight is 415 g/mol. The van der Waals surface area contributed by atoms with E-state index in [1.54, 1.807) is 12.1 Å². The number of halogens is 6. The molecule has 0 aromatic heterocycles. The zero-order valence-corrected chi connectivity index (χ0v) is 15.5. The van der Waals surface area contributed by atoms with Gasteiger partial charge < -0.3 is 4.90 Å². The number of benzene rings is 2. The van der Waals surface area contributed by atoms with Crippen LogP contribution in [0.2, 0.25) is 0 Å². The third-order valence-electron chi connectivity index (χ3n) is 5.20. The van der Waals surface area contributed by atoms with Gasteiger partial charge in [0.2, 0.25) is 5.91 Å². The molecule has 1 aliphatic rings. The Hall–Kier alpha value is -2.51.